The van der Waals surface area contributed by atoms with Crippen molar-refractivity contribution in [3.63, 3.8) is 0 Å². The van der Waals surface area contributed by atoms with E-state index in [0.29, 0.717) is 16.3 Å². The van der Waals surface area contributed by atoms with Gasteiger partial charge >= 0.3 is 6.03 Å². The summed E-state index contributed by atoms with van der Waals surface area (Å²) in [5, 5.41) is 4.19. The van der Waals surface area contributed by atoms with E-state index in [1.165, 1.54) is 0 Å². The molecule has 31 heavy (non-hydrogen) atoms. The fourth-order valence-corrected chi connectivity index (χ4v) is 3.53. The number of hydrogen-bond acceptors (Lipinski definition) is 3. The zero-order valence-electron chi connectivity index (χ0n) is 16.9. The van der Waals surface area contributed by atoms with E-state index in [4.69, 9.17) is 11.6 Å². The first-order chi connectivity index (χ1) is 15.0. The minimum Gasteiger partial charge on any atom is -0.322 e. The van der Waals surface area contributed by atoms with E-state index in [1.54, 1.807) is 41.6 Å². The number of carbonyl (C=O) groups excluding carboxylic acids is 1. The summed E-state index contributed by atoms with van der Waals surface area (Å²) in [7, 11) is 0. The van der Waals surface area contributed by atoms with Crippen LogP contribution in [0.25, 0.3) is 10.9 Å². The zero-order valence-corrected chi connectivity index (χ0v) is 17.7. The van der Waals surface area contributed by atoms with E-state index in [1.807, 2.05) is 43.3 Å². The number of urea groups is 1. The van der Waals surface area contributed by atoms with Crippen LogP contribution >= 0.6 is 11.6 Å². The lowest BCUT2D eigenvalue weighted by Gasteiger charge is -2.23. The number of nitrogens with zero attached hydrogens (tertiary/aromatic N) is 2. The molecule has 156 valence electrons. The van der Waals surface area contributed by atoms with Crippen molar-refractivity contribution in [3.8, 4) is 0 Å². The molecule has 2 N–H and O–H groups in total. The van der Waals surface area contributed by atoms with Gasteiger partial charge in [0.15, 0.2) is 0 Å². The molecule has 7 heteroatoms. The van der Waals surface area contributed by atoms with Crippen LogP contribution in [0.2, 0.25) is 5.02 Å². The third-order valence-electron chi connectivity index (χ3n) is 4.94. The van der Waals surface area contributed by atoms with Crippen LogP contribution in [0, 0.1) is 6.92 Å². The topological polar surface area (TPSA) is 78.1 Å². The standard InChI is InChI=1S/C24H21ClN4O2/c1-16-8-9-18-12-19(23(30)27-22(18)11-16)15-29(14-17-5-4-10-26-13-17)24(31)28-21-7-3-2-6-20(21)25/h2-13H,14-15H2,1H3,(H,27,30)(H,28,31). The Morgan fingerprint density at radius 3 is 2.71 bits per heavy atom. The van der Waals surface area contributed by atoms with Crippen LogP contribution in [-0.4, -0.2) is 20.9 Å². The second-order valence-corrected chi connectivity index (χ2v) is 7.75. The monoisotopic (exact) mass is 432 g/mol. The molecule has 2 aromatic carbocycles. The summed E-state index contributed by atoms with van der Waals surface area (Å²) in [5.74, 6) is 0. The number of benzene rings is 2. The zero-order chi connectivity index (χ0) is 21.8. The van der Waals surface area contributed by atoms with Crippen molar-refractivity contribution >= 4 is 34.2 Å². The number of rotatable bonds is 5. The summed E-state index contributed by atoms with van der Waals surface area (Å²) in [6, 6.07) is 18.1. The Morgan fingerprint density at radius 2 is 1.94 bits per heavy atom. The molecule has 2 heterocycles. The summed E-state index contributed by atoms with van der Waals surface area (Å²) in [5.41, 5.74) is 3.47. The van der Waals surface area contributed by atoms with E-state index in [0.717, 1.165) is 22.0 Å². The Kier molecular flexibility index (Phi) is 6.00. The number of pyridine rings is 2. The molecule has 0 fully saturated rings. The van der Waals surface area contributed by atoms with Crippen molar-refractivity contribution in [2.45, 2.75) is 20.0 Å². The summed E-state index contributed by atoms with van der Waals surface area (Å²) < 4.78 is 0. The van der Waals surface area contributed by atoms with Gasteiger partial charge in [0, 0.05) is 30.0 Å². The average molecular weight is 433 g/mol. The van der Waals surface area contributed by atoms with Crippen LogP contribution in [0.4, 0.5) is 10.5 Å². The molecule has 0 radical (unpaired) electrons. The van der Waals surface area contributed by atoms with Gasteiger partial charge in [-0.05, 0) is 53.8 Å². The summed E-state index contributed by atoms with van der Waals surface area (Å²) in [6.45, 7) is 2.39. The van der Waals surface area contributed by atoms with Gasteiger partial charge in [-0.25, -0.2) is 4.79 Å². The van der Waals surface area contributed by atoms with Gasteiger partial charge in [-0.1, -0.05) is 41.9 Å². The molecule has 0 saturated heterocycles. The number of fused-ring (bicyclic) bond motifs is 1. The molecule has 0 aliphatic carbocycles. The maximum Gasteiger partial charge on any atom is 0.322 e. The maximum absolute atomic E-state index is 13.1. The van der Waals surface area contributed by atoms with Crippen LogP contribution in [0.3, 0.4) is 0 Å². The van der Waals surface area contributed by atoms with Crippen LogP contribution < -0.4 is 10.9 Å². The Labute approximate surface area is 184 Å². The molecule has 4 rings (SSSR count). The Bertz CT molecular complexity index is 1290. The second-order valence-electron chi connectivity index (χ2n) is 7.34. The molecule has 0 bridgehead atoms. The van der Waals surface area contributed by atoms with Crippen LogP contribution in [0.15, 0.2) is 77.9 Å². The number of anilines is 1. The number of nitrogens with one attached hydrogen (secondary N) is 2. The lowest BCUT2D eigenvalue weighted by Crippen LogP contribution is -2.35. The first-order valence-electron chi connectivity index (χ1n) is 9.81. The number of aromatic amines is 1. The van der Waals surface area contributed by atoms with Crippen molar-refractivity contribution in [2.75, 3.05) is 5.32 Å². The Balaban J connectivity index is 1.65. The van der Waals surface area contributed by atoms with Crippen molar-refractivity contribution in [3.05, 3.63) is 105 Å². The van der Waals surface area contributed by atoms with Crippen molar-refractivity contribution in [2.24, 2.45) is 0 Å². The second kappa shape index (κ2) is 9.02. The highest BCUT2D eigenvalue weighted by molar-refractivity contribution is 6.33. The molecule has 0 spiro atoms. The van der Waals surface area contributed by atoms with Gasteiger partial charge in [0.25, 0.3) is 5.56 Å². The van der Waals surface area contributed by atoms with Gasteiger partial charge in [0.05, 0.1) is 17.3 Å². The molecule has 0 unspecified atom stereocenters. The number of para-hydroxylation sites is 1. The van der Waals surface area contributed by atoms with Gasteiger partial charge < -0.3 is 15.2 Å². The fraction of sp³-hybridized carbons (Fsp3) is 0.125. The van der Waals surface area contributed by atoms with E-state index in [2.05, 4.69) is 15.3 Å². The summed E-state index contributed by atoms with van der Waals surface area (Å²) in [6.07, 6.45) is 3.37. The Morgan fingerprint density at radius 1 is 1.10 bits per heavy atom. The van der Waals surface area contributed by atoms with Gasteiger partial charge in [0.1, 0.15) is 0 Å². The van der Waals surface area contributed by atoms with Gasteiger partial charge in [0.2, 0.25) is 0 Å². The first kappa shape index (κ1) is 20.6. The number of H-pyrrole nitrogens is 1. The molecule has 0 aliphatic heterocycles. The molecule has 2 amide bonds. The van der Waals surface area contributed by atoms with Gasteiger partial charge in [-0.15, -0.1) is 0 Å². The number of aromatic nitrogens is 2. The number of aryl methyl sites for hydroxylation is 1. The highest BCUT2D eigenvalue weighted by Gasteiger charge is 2.18. The molecule has 6 nitrogen and oxygen atoms in total. The number of amides is 2. The SMILES string of the molecule is Cc1ccc2cc(CN(Cc3cccnc3)C(=O)Nc3ccccc3Cl)c(=O)[nH]c2c1. The van der Waals surface area contributed by atoms with Crippen molar-refractivity contribution < 1.29 is 4.79 Å². The average Bonchev–Trinajstić information content (AvgIpc) is 2.76. The predicted octanol–water partition coefficient (Wildman–Crippen LogP) is 5.12. The van der Waals surface area contributed by atoms with Crippen LogP contribution in [0.5, 0.6) is 0 Å². The van der Waals surface area contributed by atoms with E-state index >= 15 is 0 Å². The third kappa shape index (κ3) is 4.92. The lowest BCUT2D eigenvalue weighted by molar-refractivity contribution is 0.206. The summed E-state index contributed by atoms with van der Waals surface area (Å²) >= 11 is 6.20. The maximum atomic E-state index is 13.1. The van der Waals surface area contributed by atoms with E-state index < -0.39 is 0 Å². The normalized spacial score (nSPS) is 10.8. The number of hydrogen-bond donors (Lipinski definition) is 2. The van der Waals surface area contributed by atoms with Gasteiger partial charge in [-0.2, -0.15) is 0 Å². The quantitative estimate of drug-likeness (QED) is 0.459. The third-order valence-corrected chi connectivity index (χ3v) is 5.27. The Hall–Kier alpha value is -3.64. The molecule has 0 atom stereocenters. The van der Waals surface area contributed by atoms with E-state index in [9.17, 15) is 9.59 Å². The molecule has 4 aromatic rings. The minimum absolute atomic E-state index is 0.129. The number of carbonyl (C=O) groups is 1. The fourth-order valence-electron chi connectivity index (χ4n) is 3.35. The molecule has 0 aliphatic rings. The highest BCUT2D eigenvalue weighted by atomic mass is 35.5. The molecular formula is C24H21ClN4O2. The van der Waals surface area contributed by atoms with Crippen molar-refractivity contribution in [1.29, 1.82) is 0 Å². The largest absolute Gasteiger partial charge is 0.322 e. The smallest absolute Gasteiger partial charge is 0.322 e. The highest BCUT2D eigenvalue weighted by Crippen LogP contribution is 2.22. The number of halogens is 1. The minimum atomic E-state index is -0.361. The first-order valence-corrected chi connectivity index (χ1v) is 10.2. The van der Waals surface area contributed by atoms with Crippen molar-refractivity contribution in [1.82, 2.24) is 14.9 Å². The van der Waals surface area contributed by atoms with Crippen LogP contribution in [-0.2, 0) is 13.1 Å². The van der Waals surface area contributed by atoms with Gasteiger partial charge in [-0.3, -0.25) is 9.78 Å². The predicted molar refractivity (Wildman–Crippen MR) is 123 cm³/mol. The molecular weight excluding hydrogens is 412 g/mol. The lowest BCUT2D eigenvalue weighted by atomic mass is 10.1. The molecule has 0 saturated carbocycles. The van der Waals surface area contributed by atoms with Crippen LogP contribution in [0.1, 0.15) is 16.7 Å². The molecule has 2 aromatic heterocycles. The van der Waals surface area contributed by atoms with E-state index in [-0.39, 0.29) is 24.7 Å². The summed E-state index contributed by atoms with van der Waals surface area (Å²) in [4.78, 5) is 34.4.